The van der Waals surface area contributed by atoms with Crippen LogP contribution < -0.4 is 10.6 Å². The van der Waals surface area contributed by atoms with E-state index in [-0.39, 0.29) is 23.7 Å². The van der Waals surface area contributed by atoms with Crippen LogP contribution in [0, 0.1) is 23.7 Å². The van der Waals surface area contributed by atoms with Gasteiger partial charge in [-0.2, -0.15) is 0 Å². The molecule has 1 fully saturated rings. The summed E-state index contributed by atoms with van der Waals surface area (Å²) in [6.07, 6.45) is 4.79. The molecule has 4 atom stereocenters. The van der Waals surface area contributed by atoms with E-state index >= 15 is 0 Å². The molecule has 4 nitrogen and oxygen atoms in total. The monoisotopic (exact) mass is 468 g/mol. The number of allylic oxidation sites excluding steroid dienone is 2. The van der Waals surface area contributed by atoms with Gasteiger partial charge >= 0.3 is 0 Å². The summed E-state index contributed by atoms with van der Waals surface area (Å²) in [5, 5.41) is 7.34. The van der Waals surface area contributed by atoms with E-state index in [1.165, 1.54) is 0 Å². The van der Waals surface area contributed by atoms with E-state index < -0.39 is 11.8 Å². The van der Waals surface area contributed by atoms with E-state index in [0.29, 0.717) is 31.5 Å². The SMILES string of the molecule is O=C(Nc1ccc(Cl)cc1Cl)[C@@H]1[C@@H](C(=O)Nc2ccc(Cl)cc2Cl)[C@H]2C=C[C@@H]1C2. The average molecular weight is 470 g/mol. The van der Waals surface area contributed by atoms with Crippen LogP contribution in [-0.2, 0) is 9.59 Å². The predicted molar refractivity (Wildman–Crippen MR) is 118 cm³/mol. The Kier molecular flexibility index (Phi) is 5.80. The van der Waals surface area contributed by atoms with Crippen LogP contribution in [0.5, 0.6) is 0 Å². The highest BCUT2D eigenvalue weighted by atomic mass is 35.5. The molecule has 2 N–H and O–H groups in total. The van der Waals surface area contributed by atoms with Crippen molar-refractivity contribution in [2.45, 2.75) is 6.42 Å². The van der Waals surface area contributed by atoms with Gasteiger partial charge in [0.2, 0.25) is 11.8 Å². The number of fused-ring (bicyclic) bond motifs is 2. The number of anilines is 2. The Morgan fingerprint density at radius 3 is 1.52 bits per heavy atom. The summed E-state index contributed by atoms with van der Waals surface area (Å²) in [6.45, 7) is 0. The average Bonchev–Trinajstić information content (AvgIpc) is 3.27. The molecule has 8 heteroatoms. The smallest absolute Gasteiger partial charge is 0.228 e. The number of nitrogens with one attached hydrogen (secondary N) is 2. The fourth-order valence-electron chi connectivity index (χ4n) is 4.15. The molecular weight excluding hydrogens is 454 g/mol. The van der Waals surface area contributed by atoms with Gasteiger partial charge in [0.1, 0.15) is 0 Å². The Bertz CT molecular complexity index is 944. The van der Waals surface area contributed by atoms with Crippen LogP contribution in [0.4, 0.5) is 11.4 Å². The first-order valence-corrected chi connectivity index (χ1v) is 10.5. The van der Waals surface area contributed by atoms with Crippen LogP contribution in [0.15, 0.2) is 48.6 Å². The van der Waals surface area contributed by atoms with Gasteiger partial charge in [0.25, 0.3) is 0 Å². The van der Waals surface area contributed by atoms with Gasteiger partial charge in [0.15, 0.2) is 0 Å². The summed E-state index contributed by atoms with van der Waals surface area (Å²) >= 11 is 24.2. The fraction of sp³-hybridized carbons (Fsp3) is 0.238. The molecule has 2 amide bonds. The highest BCUT2D eigenvalue weighted by molar-refractivity contribution is 6.37. The van der Waals surface area contributed by atoms with Gasteiger partial charge < -0.3 is 10.6 Å². The molecule has 0 aromatic heterocycles. The first-order chi connectivity index (χ1) is 13.8. The molecule has 2 aromatic carbocycles. The quantitative estimate of drug-likeness (QED) is 0.515. The largest absolute Gasteiger partial charge is 0.324 e. The third kappa shape index (κ3) is 4.13. The maximum Gasteiger partial charge on any atom is 0.228 e. The number of amides is 2. The van der Waals surface area contributed by atoms with Crippen LogP contribution in [-0.4, -0.2) is 11.8 Å². The topological polar surface area (TPSA) is 58.2 Å². The van der Waals surface area contributed by atoms with E-state index in [2.05, 4.69) is 10.6 Å². The lowest BCUT2D eigenvalue weighted by Gasteiger charge is -2.26. The second kappa shape index (κ2) is 8.19. The zero-order valence-corrected chi connectivity index (χ0v) is 18.0. The van der Waals surface area contributed by atoms with Gasteiger partial charge in [-0.05, 0) is 54.7 Å². The van der Waals surface area contributed by atoms with Crippen molar-refractivity contribution in [2.75, 3.05) is 10.6 Å². The van der Waals surface area contributed by atoms with Gasteiger partial charge in [-0.25, -0.2) is 0 Å². The molecule has 2 bridgehead atoms. The molecule has 0 radical (unpaired) electrons. The summed E-state index contributed by atoms with van der Waals surface area (Å²) in [4.78, 5) is 26.1. The minimum Gasteiger partial charge on any atom is -0.324 e. The van der Waals surface area contributed by atoms with Crippen molar-refractivity contribution < 1.29 is 9.59 Å². The first-order valence-electron chi connectivity index (χ1n) is 9.03. The minimum atomic E-state index is -0.497. The number of hydrogen-bond donors (Lipinski definition) is 2. The van der Waals surface area contributed by atoms with Gasteiger partial charge in [-0.1, -0.05) is 58.6 Å². The zero-order valence-electron chi connectivity index (χ0n) is 15.0. The van der Waals surface area contributed by atoms with Crippen LogP contribution in [0.25, 0.3) is 0 Å². The number of carbonyl (C=O) groups excluding carboxylic acids is 2. The van der Waals surface area contributed by atoms with E-state index in [4.69, 9.17) is 46.4 Å². The van der Waals surface area contributed by atoms with Crippen LogP contribution in [0.1, 0.15) is 6.42 Å². The van der Waals surface area contributed by atoms with Gasteiger partial charge in [0.05, 0.1) is 33.3 Å². The van der Waals surface area contributed by atoms with Crippen LogP contribution in [0.3, 0.4) is 0 Å². The molecule has 2 aromatic rings. The Labute approximate surface area is 188 Å². The molecule has 4 rings (SSSR count). The lowest BCUT2D eigenvalue weighted by Crippen LogP contribution is -2.39. The van der Waals surface area contributed by atoms with Crippen LogP contribution in [0.2, 0.25) is 20.1 Å². The predicted octanol–water partition coefficient (Wildman–Crippen LogP) is 6.32. The van der Waals surface area contributed by atoms with Crippen LogP contribution >= 0.6 is 46.4 Å². The lowest BCUT2D eigenvalue weighted by atomic mass is 9.81. The van der Waals surface area contributed by atoms with Crippen molar-refractivity contribution in [1.29, 1.82) is 0 Å². The second-order valence-corrected chi connectivity index (χ2v) is 8.91. The fourth-order valence-corrected chi connectivity index (χ4v) is 5.06. The first kappa shape index (κ1) is 20.5. The van der Waals surface area contributed by atoms with E-state index in [1.54, 1.807) is 36.4 Å². The summed E-state index contributed by atoms with van der Waals surface area (Å²) < 4.78 is 0. The van der Waals surface area contributed by atoms with Gasteiger partial charge in [0, 0.05) is 10.0 Å². The molecule has 1 saturated carbocycles. The summed E-state index contributed by atoms with van der Waals surface area (Å²) in [6, 6.07) is 9.72. The number of halogens is 4. The van der Waals surface area contributed by atoms with E-state index in [1.807, 2.05) is 12.2 Å². The third-order valence-corrected chi connectivity index (χ3v) is 6.54. The standard InChI is InChI=1S/C21H16Cl4N2O2/c22-12-3-5-16(14(24)8-12)26-20(28)18-10-1-2-11(7-10)19(18)21(29)27-17-6-4-13(23)9-15(17)25/h1-6,8-11,18-19H,7H2,(H,26,28)(H,27,29)/t10-,11+,18-,19-/m0/s1. The molecule has 0 heterocycles. The highest BCUT2D eigenvalue weighted by Crippen LogP contribution is 2.49. The molecule has 2 aliphatic rings. The molecular formula is C21H16Cl4N2O2. The lowest BCUT2D eigenvalue weighted by molar-refractivity contribution is -0.129. The van der Waals surface area contributed by atoms with Crippen molar-refractivity contribution in [3.05, 3.63) is 68.6 Å². The molecule has 150 valence electrons. The second-order valence-electron chi connectivity index (χ2n) is 7.23. The minimum absolute atomic E-state index is 0.00233. The number of hydrogen-bond acceptors (Lipinski definition) is 2. The van der Waals surface area contributed by atoms with Crippen molar-refractivity contribution in [3.63, 3.8) is 0 Å². The number of rotatable bonds is 4. The summed E-state index contributed by atoms with van der Waals surface area (Å²) in [5.41, 5.74) is 0.931. The zero-order chi connectivity index (χ0) is 20.7. The number of carbonyl (C=O) groups is 2. The maximum atomic E-state index is 13.1. The summed E-state index contributed by atoms with van der Waals surface area (Å²) in [5.74, 6) is -1.47. The van der Waals surface area contributed by atoms with Crippen molar-refractivity contribution in [1.82, 2.24) is 0 Å². The molecule has 0 spiro atoms. The highest BCUT2D eigenvalue weighted by Gasteiger charge is 2.51. The Morgan fingerprint density at radius 1 is 0.724 bits per heavy atom. The normalized spacial score (nSPS) is 24.6. The van der Waals surface area contributed by atoms with Crippen molar-refractivity contribution >= 4 is 69.6 Å². The molecule has 2 aliphatic carbocycles. The Balaban J connectivity index is 1.55. The molecule has 0 saturated heterocycles. The summed E-state index contributed by atoms with van der Waals surface area (Å²) in [7, 11) is 0. The maximum absolute atomic E-state index is 13.1. The molecule has 0 aliphatic heterocycles. The van der Waals surface area contributed by atoms with Crippen molar-refractivity contribution in [3.8, 4) is 0 Å². The third-order valence-electron chi connectivity index (χ3n) is 5.44. The van der Waals surface area contributed by atoms with Crippen molar-refractivity contribution in [2.24, 2.45) is 23.7 Å². The Morgan fingerprint density at radius 2 is 1.14 bits per heavy atom. The Hall–Kier alpha value is -1.72. The van der Waals surface area contributed by atoms with Gasteiger partial charge in [-0.3, -0.25) is 9.59 Å². The van der Waals surface area contributed by atoms with Gasteiger partial charge in [-0.15, -0.1) is 0 Å². The molecule has 0 unspecified atom stereocenters. The number of benzene rings is 2. The van der Waals surface area contributed by atoms with E-state index in [9.17, 15) is 9.59 Å². The molecule has 29 heavy (non-hydrogen) atoms. The van der Waals surface area contributed by atoms with E-state index in [0.717, 1.165) is 6.42 Å².